The van der Waals surface area contributed by atoms with E-state index in [9.17, 15) is 0 Å². The molecule has 90 valence electrons. The third-order valence-corrected chi connectivity index (χ3v) is 3.61. The summed E-state index contributed by atoms with van der Waals surface area (Å²) in [5, 5.41) is 0. The first-order valence-electron chi connectivity index (χ1n) is 6.20. The van der Waals surface area contributed by atoms with Gasteiger partial charge in [0.25, 0.3) is 0 Å². The number of hydrogen-bond acceptors (Lipinski definition) is 2. The monoisotopic (exact) mass is 241 g/mol. The van der Waals surface area contributed by atoms with Crippen LogP contribution in [0.1, 0.15) is 32.6 Å². The van der Waals surface area contributed by atoms with Gasteiger partial charge in [-0.05, 0) is 32.6 Å². The fourth-order valence-electron chi connectivity index (χ4n) is 2.18. The van der Waals surface area contributed by atoms with E-state index in [1.165, 1.54) is 19.3 Å². The summed E-state index contributed by atoms with van der Waals surface area (Å²) in [6.07, 6.45) is 8.95. The Morgan fingerprint density at radius 2 is 2.38 bits per heavy atom. The molecule has 3 nitrogen and oxygen atoms in total. The largest absolute Gasteiger partial charge is 0.339 e. The minimum absolute atomic E-state index is 0.691. The van der Waals surface area contributed by atoms with Gasteiger partial charge in [0.1, 0.15) is 0 Å². The summed E-state index contributed by atoms with van der Waals surface area (Å²) in [7, 11) is 0. The molecule has 0 N–H and O–H groups in total. The van der Waals surface area contributed by atoms with Crippen LogP contribution in [0.5, 0.6) is 0 Å². The number of rotatable bonds is 6. The topological polar surface area (TPSA) is 21.1 Å². The van der Waals surface area contributed by atoms with E-state index in [0.717, 1.165) is 31.3 Å². The maximum atomic E-state index is 5.79. The number of anilines is 1. The Morgan fingerprint density at radius 3 is 2.94 bits per heavy atom. The fourth-order valence-corrected chi connectivity index (χ4v) is 2.30. The Labute approximate surface area is 102 Å². The van der Waals surface area contributed by atoms with Crippen LogP contribution in [0, 0.1) is 0 Å². The van der Waals surface area contributed by atoms with Gasteiger partial charge in [0.2, 0.25) is 5.95 Å². The van der Waals surface area contributed by atoms with Crippen LogP contribution in [0.25, 0.3) is 0 Å². The normalized spacial score (nSPS) is 16.1. The Hall–Kier alpha value is -0.700. The molecule has 1 saturated carbocycles. The molecular weight excluding hydrogens is 222 g/mol. The molecule has 1 aliphatic rings. The predicted molar refractivity (Wildman–Crippen MR) is 68.2 cm³/mol. The van der Waals surface area contributed by atoms with E-state index in [-0.39, 0.29) is 0 Å². The minimum Gasteiger partial charge on any atom is -0.339 e. The van der Waals surface area contributed by atoms with Crippen LogP contribution in [0.15, 0.2) is 12.4 Å². The highest BCUT2D eigenvalue weighted by molar-refractivity contribution is 6.17. The van der Waals surface area contributed by atoms with Gasteiger partial charge in [0.05, 0.1) is 0 Å². The van der Waals surface area contributed by atoms with Crippen LogP contribution in [0.2, 0.25) is 0 Å². The Kier molecular flexibility index (Phi) is 4.10. The molecule has 1 fully saturated rings. The molecule has 16 heavy (non-hydrogen) atoms. The summed E-state index contributed by atoms with van der Waals surface area (Å²) < 4.78 is 2.21. The second-order valence-electron chi connectivity index (χ2n) is 4.33. The van der Waals surface area contributed by atoms with Gasteiger partial charge in [0, 0.05) is 37.4 Å². The molecule has 0 aliphatic heterocycles. The molecule has 0 atom stereocenters. The number of imidazole rings is 1. The lowest BCUT2D eigenvalue weighted by Crippen LogP contribution is -2.42. The zero-order chi connectivity index (χ0) is 11.4. The van der Waals surface area contributed by atoms with Gasteiger partial charge >= 0.3 is 0 Å². The van der Waals surface area contributed by atoms with E-state index >= 15 is 0 Å². The zero-order valence-corrected chi connectivity index (χ0v) is 10.7. The van der Waals surface area contributed by atoms with E-state index in [1.807, 2.05) is 6.20 Å². The Balaban J connectivity index is 2.10. The summed E-state index contributed by atoms with van der Waals surface area (Å²) >= 11 is 5.79. The third kappa shape index (κ3) is 2.34. The first-order valence-corrected chi connectivity index (χ1v) is 6.74. The summed E-state index contributed by atoms with van der Waals surface area (Å²) in [6, 6.07) is 0.691. The second-order valence-corrected chi connectivity index (χ2v) is 4.71. The van der Waals surface area contributed by atoms with Crippen molar-refractivity contribution in [3.05, 3.63) is 12.4 Å². The van der Waals surface area contributed by atoms with Gasteiger partial charge in [-0.15, -0.1) is 11.6 Å². The first kappa shape index (κ1) is 11.8. The van der Waals surface area contributed by atoms with Crippen molar-refractivity contribution >= 4 is 17.5 Å². The number of halogens is 1. The lowest BCUT2D eigenvalue weighted by Gasteiger charge is -2.38. The van der Waals surface area contributed by atoms with Crippen molar-refractivity contribution in [3.8, 4) is 0 Å². The van der Waals surface area contributed by atoms with Crippen molar-refractivity contribution in [2.75, 3.05) is 17.3 Å². The summed E-state index contributed by atoms with van der Waals surface area (Å²) in [5.74, 6) is 1.85. The van der Waals surface area contributed by atoms with Crippen molar-refractivity contribution in [2.45, 2.75) is 45.2 Å². The number of aromatic nitrogens is 2. The molecule has 2 rings (SSSR count). The summed E-state index contributed by atoms with van der Waals surface area (Å²) in [5.41, 5.74) is 0. The molecule has 0 amide bonds. The molecule has 1 aromatic rings. The van der Waals surface area contributed by atoms with Gasteiger partial charge < -0.3 is 9.47 Å². The maximum Gasteiger partial charge on any atom is 0.205 e. The van der Waals surface area contributed by atoms with Gasteiger partial charge in [-0.1, -0.05) is 0 Å². The van der Waals surface area contributed by atoms with Crippen LogP contribution < -0.4 is 4.90 Å². The van der Waals surface area contributed by atoms with E-state index in [0.29, 0.717) is 6.04 Å². The number of alkyl halides is 1. The highest BCUT2D eigenvalue weighted by Gasteiger charge is 2.27. The number of aryl methyl sites for hydroxylation is 1. The molecule has 0 unspecified atom stereocenters. The summed E-state index contributed by atoms with van der Waals surface area (Å²) in [4.78, 5) is 6.93. The number of nitrogens with zero attached hydrogens (tertiary/aromatic N) is 3. The van der Waals surface area contributed by atoms with Crippen molar-refractivity contribution in [3.63, 3.8) is 0 Å². The molecule has 1 aromatic heterocycles. The molecule has 4 heteroatoms. The van der Waals surface area contributed by atoms with Crippen molar-refractivity contribution < 1.29 is 0 Å². The highest BCUT2D eigenvalue weighted by atomic mass is 35.5. The molecule has 0 saturated heterocycles. The number of hydrogen-bond donors (Lipinski definition) is 0. The SMILES string of the molecule is CCn1ccnc1N(CCCCl)C1CCC1. The third-order valence-electron chi connectivity index (χ3n) is 3.34. The quantitative estimate of drug-likeness (QED) is 0.715. The lowest BCUT2D eigenvalue weighted by molar-refractivity contribution is 0.378. The van der Waals surface area contributed by atoms with E-state index in [1.54, 1.807) is 0 Å². The van der Waals surface area contributed by atoms with Crippen LogP contribution in [0.3, 0.4) is 0 Å². The minimum atomic E-state index is 0.691. The lowest BCUT2D eigenvalue weighted by atomic mass is 9.91. The van der Waals surface area contributed by atoms with Crippen LogP contribution in [-0.4, -0.2) is 28.0 Å². The molecule has 0 spiro atoms. The molecule has 1 heterocycles. The van der Waals surface area contributed by atoms with Crippen molar-refractivity contribution in [1.82, 2.24) is 9.55 Å². The molecule has 0 radical (unpaired) electrons. The Morgan fingerprint density at radius 1 is 1.56 bits per heavy atom. The second kappa shape index (κ2) is 5.58. The van der Waals surface area contributed by atoms with E-state index < -0.39 is 0 Å². The van der Waals surface area contributed by atoms with Crippen LogP contribution >= 0.6 is 11.6 Å². The average Bonchev–Trinajstić information content (AvgIpc) is 2.69. The van der Waals surface area contributed by atoms with Gasteiger partial charge in [-0.2, -0.15) is 0 Å². The molecule has 0 bridgehead atoms. The predicted octanol–water partition coefficient (Wildman–Crippen LogP) is 2.89. The van der Waals surface area contributed by atoms with Gasteiger partial charge in [0.15, 0.2) is 0 Å². The molecule has 1 aliphatic carbocycles. The van der Waals surface area contributed by atoms with Crippen molar-refractivity contribution in [1.29, 1.82) is 0 Å². The van der Waals surface area contributed by atoms with Crippen molar-refractivity contribution in [2.24, 2.45) is 0 Å². The first-order chi connectivity index (χ1) is 7.86. The highest BCUT2D eigenvalue weighted by Crippen LogP contribution is 2.28. The molecular formula is C12H20ClN3. The zero-order valence-electron chi connectivity index (χ0n) is 9.90. The standard InChI is InChI=1S/C12H20ClN3/c1-2-15-10-8-14-12(15)16(9-4-7-13)11-5-3-6-11/h8,10-11H,2-7,9H2,1H3. The van der Waals surface area contributed by atoms with E-state index in [2.05, 4.69) is 27.6 Å². The molecule has 0 aromatic carbocycles. The van der Waals surface area contributed by atoms with Crippen LogP contribution in [0.4, 0.5) is 5.95 Å². The van der Waals surface area contributed by atoms with Gasteiger partial charge in [-0.3, -0.25) is 0 Å². The van der Waals surface area contributed by atoms with E-state index in [4.69, 9.17) is 11.6 Å². The smallest absolute Gasteiger partial charge is 0.205 e. The maximum absolute atomic E-state index is 5.79. The Bertz CT molecular complexity index is 320. The van der Waals surface area contributed by atoms with Gasteiger partial charge in [-0.25, -0.2) is 4.98 Å². The van der Waals surface area contributed by atoms with Crippen LogP contribution in [-0.2, 0) is 6.54 Å². The fraction of sp³-hybridized carbons (Fsp3) is 0.750. The summed E-state index contributed by atoms with van der Waals surface area (Å²) in [6.45, 7) is 4.18. The average molecular weight is 242 g/mol.